The van der Waals surface area contributed by atoms with Crippen LogP contribution in [0.4, 0.5) is 0 Å². The second kappa shape index (κ2) is 13.2. The highest BCUT2D eigenvalue weighted by Crippen LogP contribution is 2.34. The number of nitrogens with zero attached hydrogens (tertiary/aromatic N) is 5. The molecule has 244 valence electrons. The van der Waals surface area contributed by atoms with E-state index in [1.807, 2.05) is 35.1 Å². The van der Waals surface area contributed by atoms with Gasteiger partial charge >= 0.3 is 0 Å². The second-order valence-electron chi connectivity index (χ2n) is 11.8. The van der Waals surface area contributed by atoms with Gasteiger partial charge in [0.05, 0.1) is 23.4 Å². The Morgan fingerprint density at radius 1 is 0.854 bits per heavy atom. The summed E-state index contributed by atoms with van der Waals surface area (Å²) in [5, 5.41) is 19.8. The van der Waals surface area contributed by atoms with Gasteiger partial charge in [0.25, 0.3) is 11.8 Å². The van der Waals surface area contributed by atoms with Crippen molar-refractivity contribution in [2.24, 2.45) is 5.16 Å². The second-order valence-corrected chi connectivity index (χ2v) is 11.8. The van der Waals surface area contributed by atoms with E-state index < -0.39 is 29.7 Å². The largest absolute Gasteiger partial charge is 0.491 e. The van der Waals surface area contributed by atoms with Gasteiger partial charge in [-0.3, -0.25) is 39.1 Å². The van der Waals surface area contributed by atoms with Gasteiger partial charge < -0.3 is 14.7 Å². The normalized spacial score (nSPS) is 18.0. The summed E-state index contributed by atoms with van der Waals surface area (Å²) in [6.07, 6.45) is 7.95. The Morgan fingerprint density at radius 3 is 2.48 bits per heavy atom. The number of nitrogens with one attached hydrogen (secondary N) is 1. The molecule has 0 radical (unpaired) electrons. The van der Waals surface area contributed by atoms with Crippen molar-refractivity contribution in [3.05, 3.63) is 89.4 Å². The van der Waals surface area contributed by atoms with Crippen LogP contribution >= 0.6 is 0 Å². The zero-order valence-electron chi connectivity index (χ0n) is 25.9. The highest BCUT2D eigenvalue weighted by molar-refractivity contribution is 6.23. The maximum Gasteiger partial charge on any atom is 0.262 e. The molecule has 48 heavy (non-hydrogen) atoms. The van der Waals surface area contributed by atoms with E-state index in [9.17, 15) is 24.4 Å². The molecule has 1 fully saturated rings. The van der Waals surface area contributed by atoms with Crippen molar-refractivity contribution in [1.82, 2.24) is 25.0 Å². The average molecular weight is 649 g/mol. The molecular weight excluding hydrogens is 616 g/mol. The number of oxime groups is 1. The van der Waals surface area contributed by atoms with Crippen LogP contribution in [0.2, 0.25) is 0 Å². The van der Waals surface area contributed by atoms with E-state index in [1.165, 1.54) is 12.1 Å². The summed E-state index contributed by atoms with van der Waals surface area (Å²) in [6.45, 7) is 1.66. The highest BCUT2D eigenvalue weighted by Gasteiger charge is 2.44. The molecule has 3 aliphatic rings. The summed E-state index contributed by atoms with van der Waals surface area (Å²) >= 11 is 0. The number of piperidine rings is 1. The minimum Gasteiger partial charge on any atom is -0.491 e. The fourth-order valence-electron chi connectivity index (χ4n) is 6.40. The summed E-state index contributed by atoms with van der Waals surface area (Å²) < 4.78 is 13.5. The fraction of sp³-hybridized carbons (Fsp3) is 0.286. The van der Waals surface area contributed by atoms with Crippen molar-refractivity contribution in [2.45, 2.75) is 44.7 Å². The number of carbonyl (C=O) groups is 4. The van der Waals surface area contributed by atoms with Gasteiger partial charge in [-0.15, -0.1) is 0 Å². The number of rotatable bonds is 11. The summed E-state index contributed by atoms with van der Waals surface area (Å²) in [4.78, 5) is 54.8. The predicted octanol–water partition coefficient (Wildman–Crippen LogP) is 3.62. The number of aryl methyl sites for hydroxylation is 2. The summed E-state index contributed by atoms with van der Waals surface area (Å²) in [7, 11) is 0. The van der Waals surface area contributed by atoms with E-state index in [0.29, 0.717) is 37.6 Å². The number of fused-ring (bicyclic) bond motifs is 2. The SMILES string of the molecule is O=C1CCC(N2C(=O)c3ccc(OCCOCCCn4cc(-c5ccc6c(c5)CCC6=NO)c(-c5ccncc5)n4)cc3C2=O)C(=O)N1. The predicted molar refractivity (Wildman–Crippen MR) is 172 cm³/mol. The molecule has 13 heteroatoms. The zero-order chi connectivity index (χ0) is 33.2. The molecule has 1 saturated heterocycles. The fourth-order valence-corrected chi connectivity index (χ4v) is 6.40. The van der Waals surface area contributed by atoms with E-state index in [-0.39, 0.29) is 30.6 Å². The Balaban J connectivity index is 0.924. The first-order valence-corrected chi connectivity index (χ1v) is 15.8. The molecular formula is C35H32N6O7. The Morgan fingerprint density at radius 2 is 1.67 bits per heavy atom. The molecule has 2 aromatic carbocycles. The smallest absolute Gasteiger partial charge is 0.262 e. The minimum absolute atomic E-state index is 0.0622. The van der Waals surface area contributed by atoms with Gasteiger partial charge in [-0.2, -0.15) is 5.10 Å². The van der Waals surface area contributed by atoms with E-state index in [4.69, 9.17) is 14.6 Å². The monoisotopic (exact) mass is 648 g/mol. The Bertz CT molecular complexity index is 1950. The summed E-state index contributed by atoms with van der Waals surface area (Å²) in [5.41, 5.74) is 7.07. The molecule has 1 atom stereocenters. The van der Waals surface area contributed by atoms with Crippen LogP contribution in [-0.2, 0) is 27.3 Å². The Hall–Kier alpha value is -5.69. The van der Waals surface area contributed by atoms with Crippen LogP contribution in [0.5, 0.6) is 5.75 Å². The number of carbonyl (C=O) groups excluding carboxylic acids is 4. The van der Waals surface area contributed by atoms with Crippen LogP contribution in [0, 0.1) is 0 Å². The summed E-state index contributed by atoms with van der Waals surface area (Å²) in [5.74, 6) is -1.80. The third-order valence-electron chi connectivity index (χ3n) is 8.78. The molecule has 0 bridgehead atoms. The highest BCUT2D eigenvalue weighted by atomic mass is 16.5. The van der Waals surface area contributed by atoms with Crippen molar-refractivity contribution < 1.29 is 33.9 Å². The van der Waals surface area contributed by atoms with Crippen molar-refractivity contribution in [3.63, 3.8) is 0 Å². The molecule has 2 aliphatic heterocycles. The first-order chi connectivity index (χ1) is 23.4. The van der Waals surface area contributed by atoms with Gasteiger partial charge in [0.1, 0.15) is 24.1 Å². The molecule has 4 amide bonds. The molecule has 4 heterocycles. The zero-order valence-corrected chi connectivity index (χ0v) is 25.9. The van der Waals surface area contributed by atoms with Gasteiger partial charge in [0.2, 0.25) is 11.8 Å². The molecule has 13 nitrogen and oxygen atoms in total. The van der Waals surface area contributed by atoms with Crippen molar-refractivity contribution in [2.75, 3.05) is 19.8 Å². The lowest BCUT2D eigenvalue weighted by molar-refractivity contribution is -0.136. The number of benzene rings is 2. The van der Waals surface area contributed by atoms with Crippen LogP contribution in [0.1, 0.15) is 57.5 Å². The molecule has 4 aromatic rings. The van der Waals surface area contributed by atoms with Crippen LogP contribution in [0.25, 0.3) is 22.4 Å². The number of hydrogen-bond donors (Lipinski definition) is 2. The Kier molecular flexibility index (Phi) is 8.51. The van der Waals surface area contributed by atoms with Crippen LogP contribution in [0.3, 0.4) is 0 Å². The van der Waals surface area contributed by atoms with E-state index in [1.54, 1.807) is 18.5 Å². The summed E-state index contributed by atoms with van der Waals surface area (Å²) in [6, 6.07) is 13.7. The first kappa shape index (κ1) is 30.9. The topological polar surface area (TPSA) is 165 Å². The molecule has 1 unspecified atom stereocenters. The lowest BCUT2D eigenvalue weighted by Gasteiger charge is -2.27. The average Bonchev–Trinajstić information content (AvgIpc) is 3.79. The van der Waals surface area contributed by atoms with Crippen LogP contribution < -0.4 is 10.1 Å². The number of imide groups is 2. The number of amides is 4. The molecule has 0 saturated carbocycles. The van der Waals surface area contributed by atoms with Crippen molar-refractivity contribution >= 4 is 29.3 Å². The van der Waals surface area contributed by atoms with Crippen molar-refractivity contribution in [3.8, 4) is 28.1 Å². The van der Waals surface area contributed by atoms with E-state index >= 15 is 0 Å². The molecule has 2 aromatic heterocycles. The van der Waals surface area contributed by atoms with Gasteiger partial charge in [-0.05, 0) is 67.1 Å². The number of hydrogen-bond acceptors (Lipinski definition) is 10. The van der Waals surface area contributed by atoms with Crippen LogP contribution in [0.15, 0.2) is 72.3 Å². The maximum absolute atomic E-state index is 13.0. The first-order valence-electron chi connectivity index (χ1n) is 15.8. The van der Waals surface area contributed by atoms with Crippen molar-refractivity contribution in [1.29, 1.82) is 0 Å². The van der Waals surface area contributed by atoms with E-state index in [0.717, 1.165) is 51.3 Å². The molecule has 2 N–H and O–H groups in total. The van der Waals surface area contributed by atoms with Crippen LogP contribution in [-0.4, -0.2) is 80.1 Å². The lowest BCUT2D eigenvalue weighted by Crippen LogP contribution is -2.54. The number of pyridine rings is 1. The minimum atomic E-state index is -1.02. The van der Waals surface area contributed by atoms with Gasteiger partial charge in [0.15, 0.2) is 0 Å². The standard InChI is InChI=1S/C35H32N6O7/c42-31-9-8-30(33(43)37-31)41-34(44)26-6-4-24(19-27(26)35(41)45)48-17-16-47-15-1-14-40-20-28(32(38-40)21-10-12-36-13-11-21)23-2-5-25-22(18-23)3-7-29(25)39-46/h2,4-6,10-13,18-20,30,46H,1,3,7-9,14-17H2,(H,37,42,43). The molecule has 1 aliphatic carbocycles. The Labute approximate surface area is 275 Å². The third-order valence-corrected chi connectivity index (χ3v) is 8.78. The maximum atomic E-state index is 13.0. The molecule has 0 spiro atoms. The number of aromatic nitrogens is 3. The molecule has 7 rings (SSSR count). The van der Waals surface area contributed by atoms with E-state index in [2.05, 4.69) is 21.5 Å². The third kappa shape index (κ3) is 5.95. The number of ether oxygens (including phenoxy) is 2. The lowest BCUT2D eigenvalue weighted by atomic mass is 9.98. The van der Waals surface area contributed by atoms with Gasteiger partial charge in [0, 0.05) is 54.9 Å². The quantitative estimate of drug-likeness (QED) is 0.107. The van der Waals surface area contributed by atoms with Gasteiger partial charge in [-0.1, -0.05) is 23.4 Å². The van der Waals surface area contributed by atoms with Gasteiger partial charge in [-0.25, -0.2) is 0 Å².